The van der Waals surface area contributed by atoms with Crippen LogP contribution in [0.15, 0.2) is 32.3 Å². The Morgan fingerprint density at radius 2 is 2.00 bits per heavy atom. The summed E-state index contributed by atoms with van der Waals surface area (Å²) in [5.74, 6) is 0.288. The lowest BCUT2D eigenvalue weighted by atomic mass is 9.99. The number of piperidine rings is 1. The Morgan fingerprint density at radius 3 is 2.72 bits per heavy atom. The van der Waals surface area contributed by atoms with Crippen molar-refractivity contribution in [2.45, 2.75) is 31.1 Å². The first-order valence-electron chi connectivity index (χ1n) is 8.68. The Balaban J connectivity index is 1.57. The summed E-state index contributed by atoms with van der Waals surface area (Å²) in [6.45, 7) is 5.76. The largest absolute Gasteiger partial charge is 0.419 e. The maximum absolute atomic E-state index is 12.4. The molecule has 1 aromatic heterocycles. The van der Waals surface area contributed by atoms with E-state index in [1.165, 1.54) is 29.5 Å². The van der Waals surface area contributed by atoms with Gasteiger partial charge in [-0.15, -0.1) is 0 Å². The molecule has 1 fully saturated rings. The average Bonchev–Trinajstić information content (AvgIpc) is 2.87. The van der Waals surface area contributed by atoms with E-state index in [-0.39, 0.29) is 10.5 Å². The second kappa shape index (κ2) is 7.31. The zero-order valence-electron chi connectivity index (χ0n) is 14.7. The molecule has 138 valence electrons. The van der Waals surface area contributed by atoms with Crippen LogP contribution < -0.4 is 10.5 Å². The third-order valence-electron chi connectivity index (χ3n) is 4.89. The SMILES string of the molecule is CC1CCN(CCCNS(=O)(=O)c2ccc3c(c2)oc(=O)n3C)CC1. The van der Waals surface area contributed by atoms with Crippen molar-refractivity contribution in [1.82, 2.24) is 14.2 Å². The molecule has 3 rings (SSSR count). The number of hydrogen-bond donors (Lipinski definition) is 1. The standard InChI is InChI=1S/C17H25N3O4S/c1-13-6-10-20(11-7-13)9-3-8-18-25(22,23)14-4-5-15-16(12-14)24-17(21)19(15)2/h4-5,12-13,18H,3,6-11H2,1-2H3. The monoisotopic (exact) mass is 367 g/mol. The van der Waals surface area contributed by atoms with E-state index in [9.17, 15) is 13.2 Å². The molecule has 2 aromatic rings. The summed E-state index contributed by atoms with van der Waals surface area (Å²) in [6, 6.07) is 4.47. The van der Waals surface area contributed by atoms with Gasteiger partial charge >= 0.3 is 5.76 Å². The lowest BCUT2D eigenvalue weighted by Gasteiger charge is -2.30. The molecule has 1 aliphatic heterocycles. The molecule has 25 heavy (non-hydrogen) atoms. The van der Waals surface area contributed by atoms with E-state index in [0.29, 0.717) is 12.1 Å². The van der Waals surface area contributed by atoms with Crippen LogP contribution in [0.2, 0.25) is 0 Å². The fourth-order valence-corrected chi connectivity index (χ4v) is 4.25. The van der Waals surface area contributed by atoms with Gasteiger partial charge in [0.15, 0.2) is 5.58 Å². The predicted molar refractivity (Wildman–Crippen MR) is 96.1 cm³/mol. The van der Waals surface area contributed by atoms with Gasteiger partial charge in [0, 0.05) is 19.7 Å². The van der Waals surface area contributed by atoms with Crippen LogP contribution in [0, 0.1) is 5.92 Å². The molecule has 0 atom stereocenters. The fraction of sp³-hybridized carbons (Fsp3) is 0.588. The first-order chi connectivity index (χ1) is 11.9. The summed E-state index contributed by atoms with van der Waals surface area (Å²) in [5, 5.41) is 0. The van der Waals surface area contributed by atoms with Gasteiger partial charge < -0.3 is 9.32 Å². The number of fused-ring (bicyclic) bond motifs is 1. The molecule has 0 radical (unpaired) electrons. The molecule has 1 aromatic carbocycles. The van der Waals surface area contributed by atoms with Crippen LogP contribution in [0.25, 0.3) is 11.1 Å². The Kier molecular flexibility index (Phi) is 5.31. The van der Waals surface area contributed by atoms with Gasteiger partial charge in [-0.3, -0.25) is 4.57 Å². The maximum Gasteiger partial charge on any atom is 0.419 e. The van der Waals surface area contributed by atoms with Crippen LogP contribution in [0.1, 0.15) is 26.2 Å². The topological polar surface area (TPSA) is 84.6 Å². The molecule has 0 saturated carbocycles. The summed E-state index contributed by atoms with van der Waals surface area (Å²) in [5.41, 5.74) is 0.848. The number of nitrogens with one attached hydrogen (secondary N) is 1. The quantitative estimate of drug-likeness (QED) is 0.783. The Morgan fingerprint density at radius 1 is 1.28 bits per heavy atom. The van der Waals surface area contributed by atoms with E-state index in [0.717, 1.165) is 32.0 Å². The van der Waals surface area contributed by atoms with Crippen molar-refractivity contribution in [3.8, 4) is 0 Å². The summed E-state index contributed by atoms with van der Waals surface area (Å²) in [7, 11) is -2.02. The Labute approximate surface area is 147 Å². The van der Waals surface area contributed by atoms with Gasteiger partial charge in [-0.1, -0.05) is 6.92 Å². The van der Waals surface area contributed by atoms with Gasteiger partial charge in [0.1, 0.15) is 0 Å². The van der Waals surface area contributed by atoms with E-state index in [2.05, 4.69) is 16.5 Å². The minimum Gasteiger partial charge on any atom is -0.408 e. The molecule has 1 saturated heterocycles. The number of aryl methyl sites for hydroxylation is 1. The summed E-state index contributed by atoms with van der Waals surface area (Å²) in [4.78, 5) is 14.0. The zero-order valence-corrected chi connectivity index (χ0v) is 15.5. The minimum absolute atomic E-state index is 0.112. The highest BCUT2D eigenvalue weighted by Crippen LogP contribution is 2.18. The summed E-state index contributed by atoms with van der Waals surface area (Å²) >= 11 is 0. The van der Waals surface area contributed by atoms with Crippen LogP contribution in [0.5, 0.6) is 0 Å². The van der Waals surface area contributed by atoms with Crippen LogP contribution >= 0.6 is 0 Å². The summed E-state index contributed by atoms with van der Waals surface area (Å²) < 4.78 is 33.9. The van der Waals surface area contributed by atoms with Gasteiger partial charge in [-0.25, -0.2) is 17.9 Å². The Bertz CT molecular complexity index is 892. The van der Waals surface area contributed by atoms with Gasteiger partial charge in [0.2, 0.25) is 10.0 Å². The molecule has 2 heterocycles. The lowest BCUT2D eigenvalue weighted by molar-refractivity contribution is 0.191. The van der Waals surface area contributed by atoms with Crippen molar-refractivity contribution in [2.24, 2.45) is 13.0 Å². The zero-order chi connectivity index (χ0) is 18.0. The lowest BCUT2D eigenvalue weighted by Crippen LogP contribution is -2.35. The second-order valence-electron chi connectivity index (χ2n) is 6.83. The Hall–Kier alpha value is -1.64. The molecule has 7 nitrogen and oxygen atoms in total. The average molecular weight is 367 g/mol. The van der Waals surface area contributed by atoms with Gasteiger partial charge in [-0.05, 0) is 56.9 Å². The van der Waals surface area contributed by atoms with Crippen molar-refractivity contribution in [3.05, 3.63) is 28.7 Å². The van der Waals surface area contributed by atoms with Crippen LogP contribution in [-0.4, -0.2) is 44.1 Å². The number of hydrogen-bond acceptors (Lipinski definition) is 5. The fourth-order valence-electron chi connectivity index (χ4n) is 3.16. The molecule has 8 heteroatoms. The molecule has 0 bridgehead atoms. The number of aromatic nitrogens is 1. The van der Waals surface area contributed by atoms with E-state index >= 15 is 0 Å². The molecule has 0 unspecified atom stereocenters. The molecule has 1 aliphatic rings. The third kappa shape index (κ3) is 4.13. The van der Waals surface area contributed by atoms with Crippen LogP contribution in [-0.2, 0) is 17.1 Å². The highest BCUT2D eigenvalue weighted by atomic mass is 32.2. The maximum atomic E-state index is 12.4. The smallest absolute Gasteiger partial charge is 0.408 e. The first-order valence-corrected chi connectivity index (χ1v) is 10.2. The number of nitrogens with zero attached hydrogens (tertiary/aromatic N) is 2. The number of benzene rings is 1. The van der Waals surface area contributed by atoms with Crippen LogP contribution in [0.4, 0.5) is 0 Å². The molecule has 0 aliphatic carbocycles. The predicted octanol–water partition coefficient (Wildman–Crippen LogP) is 1.53. The second-order valence-corrected chi connectivity index (χ2v) is 8.60. The van der Waals surface area contributed by atoms with Crippen molar-refractivity contribution < 1.29 is 12.8 Å². The van der Waals surface area contributed by atoms with E-state index in [4.69, 9.17) is 4.42 Å². The number of oxazole rings is 1. The van der Waals surface area contributed by atoms with Crippen molar-refractivity contribution in [1.29, 1.82) is 0 Å². The van der Waals surface area contributed by atoms with Gasteiger partial charge in [-0.2, -0.15) is 0 Å². The molecular formula is C17H25N3O4S. The summed E-state index contributed by atoms with van der Waals surface area (Å²) in [6.07, 6.45) is 3.21. The highest BCUT2D eigenvalue weighted by molar-refractivity contribution is 7.89. The van der Waals surface area contributed by atoms with Gasteiger partial charge in [0.05, 0.1) is 10.4 Å². The first kappa shape index (κ1) is 18.2. The number of rotatable bonds is 6. The molecule has 1 N–H and O–H groups in total. The highest BCUT2D eigenvalue weighted by Gasteiger charge is 2.18. The van der Waals surface area contributed by atoms with Gasteiger partial charge in [0.25, 0.3) is 0 Å². The van der Waals surface area contributed by atoms with E-state index in [1.54, 1.807) is 13.1 Å². The number of sulfonamides is 1. The normalized spacial score (nSPS) is 17.4. The third-order valence-corrected chi connectivity index (χ3v) is 6.35. The molecular weight excluding hydrogens is 342 g/mol. The van der Waals surface area contributed by atoms with Crippen LogP contribution in [0.3, 0.4) is 0 Å². The van der Waals surface area contributed by atoms with Crippen molar-refractivity contribution in [2.75, 3.05) is 26.2 Å². The molecule has 0 spiro atoms. The number of likely N-dealkylation sites (tertiary alicyclic amines) is 1. The van der Waals surface area contributed by atoms with Crippen molar-refractivity contribution >= 4 is 21.1 Å². The van der Waals surface area contributed by atoms with E-state index in [1.807, 2.05) is 0 Å². The molecule has 0 amide bonds. The van der Waals surface area contributed by atoms with Crippen molar-refractivity contribution in [3.63, 3.8) is 0 Å². The van der Waals surface area contributed by atoms with E-state index < -0.39 is 15.8 Å². The minimum atomic E-state index is -3.61.